The molecule has 3 rings (SSSR count). The number of nitrogens with two attached hydrogens (primary N) is 1. The molecule has 1 aliphatic heterocycles. The van der Waals surface area contributed by atoms with Crippen LogP contribution in [-0.4, -0.2) is 43.7 Å². The predicted octanol–water partition coefficient (Wildman–Crippen LogP) is 2.98. The van der Waals surface area contributed by atoms with Crippen LogP contribution in [0.4, 0.5) is 5.69 Å². The van der Waals surface area contributed by atoms with Gasteiger partial charge in [-0.15, -0.1) is 0 Å². The van der Waals surface area contributed by atoms with Crippen LogP contribution in [0.5, 0.6) is 0 Å². The van der Waals surface area contributed by atoms with Crippen molar-refractivity contribution in [3.63, 3.8) is 0 Å². The van der Waals surface area contributed by atoms with E-state index in [-0.39, 0.29) is 0 Å². The summed E-state index contributed by atoms with van der Waals surface area (Å²) in [6, 6.07) is 8.78. The molecule has 4 heteroatoms. The summed E-state index contributed by atoms with van der Waals surface area (Å²) in [6.45, 7) is 5.19. The van der Waals surface area contributed by atoms with Crippen molar-refractivity contribution >= 4 is 17.3 Å². The highest BCUT2D eigenvalue weighted by molar-refractivity contribution is 6.30. The second-order valence-corrected chi connectivity index (χ2v) is 6.79. The third-order valence-electron chi connectivity index (χ3n) is 5.14. The van der Waals surface area contributed by atoms with E-state index in [1.165, 1.54) is 31.4 Å². The molecule has 2 aliphatic rings. The maximum atomic E-state index is 6.10. The average Bonchev–Trinajstić information content (AvgIpc) is 3.03. The van der Waals surface area contributed by atoms with E-state index < -0.39 is 0 Å². The smallest absolute Gasteiger partial charge is 0.0426 e. The third kappa shape index (κ3) is 3.53. The lowest BCUT2D eigenvalue weighted by atomic mass is 9.96. The van der Waals surface area contributed by atoms with Gasteiger partial charge in [-0.2, -0.15) is 0 Å². The normalized spacial score (nSPS) is 22.7. The van der Waals surface area contributed by atoms with E-state index in [0.29, 0.717) is 6.04 Å². The third-order valence-corrected chi connectivity index (χ3v) is 5.38. The molecule has 2 fully saturated rings. The Kier molecular flexibility index (Phi) is 5.04. The molecule has 116 valence electrons. The lowest BCUT2D eigenvalue weighted by Gasteiger charge is -2.42. The topological polar surface area (TPSA) is 32.5 Å². The lowest BCUT2D eigenvalue weighted by molar-refractivity contribution is 0.139. The maximum absolute atomic E-state index is 6.10. The minimum atomic E-state index is 0.592. The number of halogens is 1. The van der Waals surface area contributed by atoms with Gasteiger partial charge in [0, 0.05) is 49.5 Å². The number of benzene rings is 1. The van der Waals surface area contributed by atoms with E-state index in [1.54, 1.807) is 0 Å². The molecule has 0 radical (unpaired) electrons. The van der Waals surface area contributed by atoms with Crippen LogP contribution in [0.15, 0.2) is 24.3 Å². The van der Waals surface area contributed by atoms with Gasteiger partial charge >= 0.3 is 0 Å². The molecule has 2 N–H and O–H groups in total. The van der Waals surface area contributed by atoms with Crippen LogP contribution in [-0.2, 0) is 0 Å². The Labute approximate surface area is 133 Å². The van der Waals surface area contributed by atoms with Crippen LogP contribution in [0.2, 0.25) is 5.02 Å². The summed E-state index contributed by atoms with van der Waals surface area (Å²) in [4.78, 5) is 5.06. The molecule has 0 bridgehead atoms. The van der Waals surface area contributed by atoms with Crippen molar-refractivity contribution in [3.8, 4) is 0 Å². The van der Waals surface area contributed by atoms with E-state index in [4.69, 9.17) is 17.3 Å². The van der Waals surface area contributed by atoms with Gasteiger partial charge < -0.3 is 10.6 Å². The first-order valence-corrected chi connectivity index (χ1v) is 8.60. The highest BCUT2D eigenvalue weighted by Crippen LogP contribution is 2.31. The molecule has 1 aromatic carbocycles. The van der Waals surface area contributed by atoms with E-state index in [9.17, 15) is 0 Å². The largest absolute Gasteiger partial charge is 0.369 e. The van der Waals surface area contributed by atoms with Gasteiger partial charge in [-0.3, -0.25) is 4.90 Å². The van der Waals surface area contributed by atoms with Crippen molar-refractivity contribution in [3.05, 3.63) is 29.3 Å². The van der Waals surface area contributed by atoms with Crippen molar-refractivity contribution in [2.45, 2.75) is 31.7 Å². The minimum Gasteiger partial charge on any atom is -0.369 e. The molecule has 3 nitrogen and oxygen atoms in total. The molecule has 1 atom stereocenters. The van der Waals surface area contributed by atoms with E-state index in [0.717, 1.165) is 43.7 Å². The van der Waals surface area contributed by atoms with Crippen molar-refractivity contribution in [1.82, 2.24) is 4.90 Å². The van der Waals surface area contributed by atoms with Gasteiger partial charge in [-0.25, -0.2) is 0 Å². The van der Waals surface area contributed by atoms with Gasteiger partial charge in [0.1, 0.15) is 0 Å². The van der Waals surface area contributed by atoms with Crippen LogP contribution in [0, 0.1) is 5.92 Å². The van der Waals surface area contributed by atoms with Gasteiger partial charge in [0.25, 0.3) is 0 Å². The molecule has 1 heterocycles. The molecular weight excluding hydrogens is 282 g/mol. The molecule has 1 aliphatic carbocycles. The zero-order valence-electron chi connectivity index (χ0n) is 12.7. The summed E-state index contributed by atoms with van der Waals surface area (Å²) in [5.74, 6) is 0.827. The fourth-order valence-electron chi connectivity index (χ4n) is 3.97. The summed E-state index contributed by atoms with van der Waals surface area (Å²) in [7, 11) is 0. The number of rotatable bonds is 4. The van der Waals surface area contributed by atoms with Crippen molar-refractivity contribution < 1.29 is 0 Å². The zero-order valence-corrected chi connectivity index (χ0v) is 13.4. The van der Waals surface area contributed by atoms with E-state index in [1.807, 2.05) is 12.1 Å². The standard InChI is InChI=1S/C17H26ClN3/c18-15-6-3-7-16(12-15)20-8-10-21(11-9-20)17(13-19)14-4-1-2-5-14/h3,6-7,12,14,17H,1-2,4-5,8-11,13,19H2. The molecule has 1 saturated carbocycles. The molecule has 1 saturated heterocycles. The number of nitrogens with zero attached hydrogens (tertiary/aromatic N) is 2. The van der Waals surface area contributed by atoms with Crippen LogP contribution >= 0.6 is 11.6 Å². The first-order chi connectivity index (χ1) is 10.3. The minimum absolute atomic E-state index is 0.592. The first-order valence-electron chi connectivity index (χ1n) is 8.22. The molecule has 21 heavy (non-hydrogen) atoms. The van der Waals surface area contributed by atoms with Gasteiger partial charge in [0.2, 0.25) is 0 Å². The Morgan fingerprint density at radius 2 is 1.86 bits per heavy atom. The fraction of sp³-hybridized carbons (Fsp3) is 0.647. The van der Waals surface area contributed by atoms with Crippen molar-refractivity contribution in [1.29, 1.82) is 0 Å². The Hall–Kier alpha value is -0.770. The molecular formula is C17H26ClN3. The Morgan fingerprint density at radius 1 is 1.14 bits per heavy atom. The van der Waals surface area contributed by atoms with Gasteiger partial charge in [-0.1, -0.05) is 30.5 Å². The molecule has 0 spiro atoms. The van der Waals surface area contributed by atoms with E-state index >= 15 is 0 Å². The summed E-state index contributed by atoms with van der Waals surface area (Å²) in [6.07, 6.45) is 5.53. The average molecular weight is 308 g/mol. The zero-order chi connectivity index (χ0) is 14.7. The SMILES string of the molecule is NCC(C1CCCC1)N1CCN(c2cccc(Cl)c2)CC1. The molecule has 1 aromatic rings. The highest BCUT2D eigenvalue weighted by atomic mass is 35.5. The van der Waals surface area contributed by atoms with Gasteiger partial charge in [0.05, 0.1) is 0 Å². The number of hydrogen-bond donors (Lipinski definition) is 1. The number of piperazine rings is 1. The second kappa shape index (κ2) is 6.99. The van der Waals surface area contributed by atoms with Crippen LogP contribution in [0.3, 0.4) is 0 Å². The Morgan fingerprint density at radius 3 is 2.48 bits per heavy atom. The summed E-state index contributed by atoms with van der Waals surface area (Å²) < 4.78 is 0. The molecule has 0 aromatic heterocycles. The van der Waals surface area contributed by atoms with E-state index in [2.05, 4.69) is 21.9 Å². The van der Waals surface area contributed by atoms with Gasteiger partial charge in [-0.05, 0) is 37.0 Å². The summed E-state index contributed by atoms with van der Waals surface area (Å²) >= 11 is 6.10. The van der Waals surface area contributed by atoms with Crippen LogP contribution in [0.25, 0.3) is 0 Å². The Bertz CT molecular complexity index is 451. The monoisotopic (exact) mass is 307 g/mol. The fourth-order valence-corrected chi connectivity index (χ4v) is 4.15. The highest BCUT2D eigenvalue weighted by Gasteiger charge is 2.30. The quantitative estimate of drug-likeness (QED) is 0.928. The Balaban J connectivity index is 1.59. The summed E-state index contributed by atoms with van der Waals surface area (Å²) in [5, 5.41) is 0.820. The van der Waals surface area contributed by atoms with Crippen LogP contribution in [0.1, 0.15) is 25.7 Å². The number of anilines is 1. The molecule has 1 unspecified atom stereocenters. The van der Waals surface area contributed by atoms with Crippen molar-refractivity contribution in [2.75, 3.05) is 37.6 Å². The number of hydrogen-bond acceptors (Lipinski definition) is 3. The van der Waals surface area contributed by atoms with Gasteiger partial charge in [0.15, 0.2) is 0 Å². The summed E-state index contributed by atoms with van der Waals surface area (Å²) in [5.41, 5.74) is 7.32. The predicted molar refractivity (Wildman–Crippen MR) is 90.0 cm³/mol. The first kappa shape index (κ1) is 15.1. The lowest BCUT2D eigenvalue weighted by Crippen LogP contribution is -2.54. The van der Waals surface area contributed by atoms with Crippen molar-refractivity contribution in [2.24, 2.45) is 11.7 Å². The second-order valence-electron chi connectivity index (χ2n) is 6.35. The van der Waals surface area contributed by atoms with Crippen LogP contribution < -0.4 is 10.6 Å². The maximum Gasteiger partial charge on any atom is 0.0426 e. The molecule has 0 amide bonds.